The summed E-state index contributed by atoms with van der Waals surface area (Å²) in [5.41, 5.74) is 1.17. The van der Waals surface area contributed by atoms with Gasteiger partial charge in [0.1, 0.15) is 0 Å². The molecule has 1 aromatic carbocycles. The first-order valence-electron chi connectivity index (χ1n) is 5.64. The van der Waals surface area contributed by atoms with Crippen LogP contribution < -0.4 is 4.72 Å². The van der Waals surface area contributed by atoms with Crippen molar-refractivity contribution in [1.29, 1.82) is 0 Å². The molecule has 0 saturated carbocycles. The highest BCUT2D eigenvalue weighted by molar-refractivity contribution is 7.92. The number of hydrogen-bond acceptors (Lipinski definition) is 5. The van der Waals surface area contributed by atoms with Crippen molar-refractivity contribution in [2.24, 2.45) is 0 Å². The Morgan fingerprint density at radius 2 is 2.05 bits per heavy atom. The van der Waals surface area contributed by atoms with E-state index in [9.17, 15) is 13.5 Å². The second-order valence-electron chi connectivity index (χ2n) is 4.10. The van der Waals surface area contributed by atoms with Crippen LogP contribution in [0.2, 0.25) is 0 Å². The number of thiazole rings is 1. The van der Waals surface area contributed by atoms with Crippen LogP contribution in [0.1, 0.15) is 24.3 Å². The zero-order chi connectivity index (χ0) is 13.9. The number of anilines is 1. The first-order chi connectivity index (χ1) is 8.96. The molecule has 0 bridgehead atoms. The summed E-state index contributed by atoms with van der Waals surface area (Å²) < 4.78 is 26.3. The summed E-state index contributed by atoms with van der Waals surface area (Å²) in [6.07, 6.45) is -0.705. The number of hydrogen-bond donors (Lipinski definition) is 2. The number of aromatic nitrogens is 1. The number of aliphatic hydroxyl groups excluding tert-OH is 1. The van der Waals surface area contributed by atoms with Gasteiger partial charge in [0, 0.05) is 5.38 Å². The molecule has 2 rings (SSSR count). The molecule has 2 N–H and O–H groups in total. The molecule has 102 valence electrons. The fourth-order valence-corrected chi connectivity index (χ4v) is 3.72. The Kier molecular flexibility index (Phi) is 4.18. The lowest BCUT2D eigenvalue weighted by Crippen LogP contribution is -2.15. The molecule has 1 heterocycles. The highest BCUT2D eigenvalue weighted by Gasteiger charge is 2.15. The van der Waals surface area contributed by atoms with Crippen LogP contribution >= 0.6 is 11.3 Å². The molecule has 7 heteroatoms. The molecular weight excluding hydrogens is 284 g/mol. The smallest absolute Gasteiger partial charge is 0.238 e. The van der Waals surface area contributed by atoms with E-state index in [0.717, 1.165) is 11.3 Å². The SMILES string of the molecule is CC(O)c1csc(NS(=O)(=O)Cc2ccccc2)n1. The van der Waals surface area contributed by atoms with Crippen LogP contribution in [0.4, 0.5) is 5.13 Å². The quantitative estimate of drug-likeness (QED) is 0.886. The molecule has 0 radical (unpaired) electrons. The van der Waals surface area contributed by atoms with Gasteiger partial charge >= 0.3 is 0 Å². The first kappa shape index (κ1) is 14.0. The molecule has 0 spiro atoms. The predicted octanol–water partition coefficient (Wildman–Crippen LogP) is 2.14. The molecule has 0 aliphatic heterocycles. The van der Waals surface area contributed by atoms with Gasteiger partial charge in [0.15, 0.2) is 5.13 Å². The third kappa shape index (κ3) is 4.02. The van der Waals surface area contributed by atoms with Crippen molar-refractivity contribution in [3.05, 3.63) is 47.0 Å². The lowest BCUT2D eigenvalue weighted by molar-refractivity contribution is 0.195. The van der Waals surface area contributed by atoms with Crippen LogP contribution in [0.15, 0.2) is 35.7 Å². The molecule has 0 aliphatic rings. The number of nitrogens with zero attached hydrogens (tertiary/aromatic N) is 1. The van der Waals surface area contributed by atoms with Crippen LogP contribution in [-0.4, -0.2) is 18.5 Å². The van der Waals surface area contributed by atoms with E-state index in [0.29, 0.717) is 11.3 Å². The third-order valence-corrected chi connectivity index (χ3v) is 4.52. The Morgan fingerprint density at radius 3 is 2.63 bits per heavy atom. The summed E-state index contributed by atoms with van der Waals surface area (Å²) in [6, 6.07) is 8.92. The van der Waals surface area contributed by atoms with Gasteiger partial charge in [-0.15, -0.1) is 11.3 Å². The van der Waals surface area contributed by atoms with Gasteiger partial charge in [-0.25, -0.2) is 13.4 Å². The van der Waals surface area contributed by atoms with Gasteiger partial charge in [0.05, 0.1) is 17.6 Å². The van der Waals surface area contributed by atoms with Gasteiger partial charge in [-0.2, -0.15) is 0 Å². The Morgan fingerprint density at radius 1 is 1.37 bits per heavy atom. The first-order valence-corrected chi connectivity index (χ1v) is 8.17. The number of nitrogens with one attached hydrogen (secondary N) is 1. The van der Waals surface area contributed by atoms with Gasteiger partial charge in [0.2, 0.25) is 10.0 Å². The fraction of sp³-hybridized carbons (Fsp3) is 0.250. The zero-order valence-electron chi connectivity index (χ0n) is 10.3. The van der Waals surface area contributed by atoms with Gasteiger partial charge in [-0.1, -0.05) is 30.3 Å². The minimum atomic E-state index is -3.48. The van der Waals surface area contributed by atoms with Crippen LogP contribution in [0, 0.1) is 0 Å². The standard InChI is InChI=1S/C12H14N2O3S2/c1-9(15)11-7-18-12(13-11)14-19(16,17)8-10-5-3-2-4-6-10/h2-7,9,15H,8H2,1H3,(H,13,14). The second kappa shape index (κ2) is 5.68. The van der Waals surface area contributed by atoms with Crippen molar-refractivity contribution >= 4 is 26.5 Å². The van der Waals surface area contributed by atoms with E-state index in [1.54, 1.807) is 36.6 Å². The molecule has 0 fully saturated rings. The molecule has 0 amide bonds. The highest BCUT2D eigenvalue weighted by atomic mass is 32.2. The summed E-state index contributed by atoms with van der Waals surface area (Å²) >= 11 is 1.15. The summed E-state index contributed by atoms with van der Waals surface area (Å²) in [5.74, 6) is -0.0998. The maximum atomic E-state index is 11.9. The number of sulfonamides is 1. The van der Waals surface area contributed by atoms with Crippen LogP contribution in [0.3, 0.4) is 0 Å². The van der Waals surface area contributed by atoms with Gasteiger partial charge in [-0.3, -0.25) is 4.72 Å². The summed E-state index contributed by atoms with van der Waals surface area (Å²) in [6.45, 7) is 1.58. The van der Waals surface area contributed by atoms with E-state index in [1.807, 2.05) is 6.07 Å². The number of benzene rings is 1. The van der Waals surface area contributed by atoms with Crippen LogP contribution in [0.25, 0.3) is 0 Å². The van der Waals surface area contributed by atoms with Gasteiger partial charge in [-0.05, 0) is 12.5 Å². The maximum absolute atomic E-state index is 11.9. The van der Waals surface area contributed by atoms with Gasteiger partial charge < -0.3 is 5.11 Å². The molecule has 1 atom stereocenters. The minimum absolute atomic E-state index is 0.0998. The largest absolute Gasteiger partial charge is 0.387 e. The third-order valence-electron chi connectivity index (χ3n) is 2.39. The number of rotatable bonds is 5. The monoisotopic (exact) mass is 298 g/mol. The van der Waals surface area contributed by atoms with E-state index in [-0.39, 0.29) is 10.9 Å². The average Bonchev–Trinajstić information content (AvgIpc) is 2.77. The van der Waals surface area contributed by atoms with E-state index in [1.165, 1.54) is 0 Å². The van der Waals surface area contributed by atoms with Crippen molar-refractivity contribution in [3.63, 3.8) is 0 Å². The number of aliphatic hydroxyl groups is 1. The summed E-state index contributed by atoms with van der Waals surface area (Å²) in [4.78, 5) is 4.01. The summed E-state index contributed by atoms with van der Waals surface area (Å²) in [5, 5.41) is 11.2. The molecule has 0 aliphatic carbocycles. The van der Waals surface area contributed by atoms with E-state index in [2.05, 4.69) is 9.71 Å². The predicted molar refractivity (Wildman–Crippen MR) is 75.4 cm³/mol. The van der Waals surface area contributed by atoms with Crippen molar-refractivity contribution in [1.82, 2.24) is 4.98 Å². The zero-order valence-corrected chi connectivity index (χ0v) is 11.9. The second-order valence-corrected chi connectivity index (χ2v) is 6.68. The van der Waals surface area contributed by atoms with Gasteiger partial charge in [0.25, 0.3) is 0 Å². The Bertz CT molecular complexity index is 636. The molecule has 5 nitrogen and oxygen atoms in total. The lowest BCUT2D eigenvalue weighted by atomic mass is 10.2. The summed E-state index contributed by atoms with van der Waals surface area (Å²) in [7, 11) is -3.48. The van der Waals surface area contributed by atoms with E-state index >= 15 is 0 Å². The highest BCUT2D eigenvalue weighted by Crippen LogP contribution is 2.21. The molecular formula is C12H14N2O3S2. The maximum Gasteiger partial charge on any atom is 0.238 e. The lowest BCUT2D eigenvalue weighted by Gasteiger charge is -2.05. The van der Waals surface area contributed by atoms with E-state index in [4.69, 9.17) is 0 Å². The molecule has 0 saturated heterocycles. The normalized spacial score (nSPS) is 13.2. The molecule has 2 aromatic rings. The van der Waals surface area contributed by atoms with E-state index < -0.39 is 16.1 Å². The minimum Gasteiger partial charge on any atom is -0.387 e. The average molecular weight is 298 g/mol. The van der Waals surface area contributed by atoms with Crippen molar-refractivity contribution in [2.75, 3.05) is 4.72 Å². The molecule has 19 heavy (non-hydrogen) atoms. The van der Waals surface area contributed by atoms with Crippen molar-refractivity contribution in [2.45, 2.75) is 18.8 Å². The molecule has 1 unspecified atom stereocenters. The van der Waals surface area contributed by atoms with Crippen molar-refractivity contribution < 1.29 is 13.5 Å². The Balaban J connectivity index is 2.08. The molecule has 1 aromatic heterocycles. The van der Waals surface area contributed by atoms with Crippen molar-refractivity contribution in [3.8, 4) is 0 Å². The topological polar surface area (TPSA) is 79.3 Å². The fourth-order valence-electron chi connectivity index (χ4n) is 1.49. The Hall–Kier alpha value is -1.44. The Labute approximate surface area is 116 Å². The van der Waals surface area contributed by atoms with Crippen LogP contribution in [-0.2, 0) is 15.8 Å². The van der Waals surface area contributed by atoms with Crippen LogP contribution in [0.5, 0.6) is 0 Å².